The number of hydrogen-bond donors (Lipinski definition) is 0. The van der Waals surface area contributed by atoms with Gasteiger partial charge in [0.1, 0.15) is 11.6 Å². The number of Topliss-reactive ketones (excluding diaryl/α,β-unsaturated/α-hetero) is 1. The van der Waals surface area contributed by atoms with Crippen LogP contribution in [0.4, 0.5) is 4.39 Å². The molecule has 5 heteroatoms. The van der Waals surface area contributed by atoms with E-state index in [0.717, 1.165) is 0 Å². The van der Waals surface area contributed by atoms with Crippen molar-refractivity contribution in [3.63, 3.8) is 0 Å². The fraction of sp³-hybridized carbons (Fsp3) is 0.308. The van der Waals surface area contributed by atoms with Crippen molar-refractivity contribution >= 4 is 5.78 Å². The Morgan fingerprint density at radius 1 is 1.44 bits per heavy atom. The van der Waals surface area contributed by atoms with Crippen molar-refractivity contribution in [3.8, 4) is 0 Å². The van der Waals surface area contributed by atoms with Crippen LogP contribution in [0.5, 0.6) is 0 Å². The van der Waals surface area contributed by atoms with Crippen molar-refractivity contribution in [2.75, 3.05) is 0 Å². The van der Waals surface area contributed by atoms with Gasteiger partial charge in [0.05, 0.1) is 24.4 Å². The maximum Gasteiger partial charge on any atom is 0.149 e. The number of rotatable bonds is 4. The first kappa shape index (κ1) is 12.4. The standard InChI is InChI=1S/C13H14FN3O/c1-9-3-5-15-12(13(9)14)8-17-6-4-11(16-17)7-10(2)18/h3-6H,7-8H2,1-2H3. The molecule has 0 aliphatic heterocycles. The molecule has 0 aromatic carbocycles. The Labute approximate surface area is 104 Å². The summed E-state index contributed by atoms with van der Waals surface area (Å²) < 4.78 is 15.3. The molecule has 0 bridgehead atoms. The smallest absolute Gasteiger partial charge is 0.149 e. The molecule has 0 amide bonds. The molecule has 4 nitrogen and oxygen atoms in total. The van der Waals surface area contributed by atoms with Gasteiger partial charge in [0, 0.05) is 12.4 Å². The molecule has 0 aliphatic rings. The van der Waals surface area contributed by atoms with E-state index >= 15 is 0 Å². The Bertz CT molecular complexity index is 577. The van der Waals surface area contributed by atoms with E-state index in [1.165, 1.54) is 6.92 Å². The Morgan fingerprint density at radius 3 is 2.94 bits per heavy atom. The topological polar surface area (TPSA) is 47.8 Å². The largest absolute Gasteiger partial charge is 0.300 e. The highest BCUT2D eigenvalue weighted by atomic mass is 19.1. The highest BCUT2D eigenvalue weighted by molar-refractivity contribution is 5.77. The molecule has 2 aromatic heterocycles. The number of halogens is 1. The summed E-state index contributed by atoms with van der Waals surface area (Å²) in [7, 11) is 0. The molecule has 0 radical (unpaired) electrons. The third-order valence-corrected chi connectivity index (χ3v) is 2.59. The van der Waals surface area contributed by atoms with Gasteiger partial charge in [-0.15, -0.1) is 0 Å². The van der Waals surface area contributed by atoms with Gasteiger partial charge < -0.3 is 0 Å². The summed E-state index contributed by atoms with van der Waals surface area (Å²) >= 11 is 0. The average Bonchev–Trinajstić information content (AvgIpc) is 2.71. The highest BCUT2D eigenvalue weighted by Crippen LogP contribution is 2.10. The van der Waals surface area contributed by atoms with E-state index in [4.69, 9.17) is 0 Å². The first-order valence-electron chi connectivity index (χ1n) is 5.68. The zero-order valence-electron chi connectivity index (χ0n) is 10.4. The molecule has 0 saturated heterocycles. The number of carbonyl (C=O) groups is 1. The minimum Gasteiger partial charge on any atom is -0.300 e. The summed E-state index contributed by atoms with van der Waals surface area (Å²) in [5, 5.41) is 4.21. The molecule has 18 heavy (non-hydrogen) atoms. The first-order chi connectivity index (χ1) is 8.56. The summed E-state index contributed by atoms with van der Waals surface area (Å²) in [6, 6.07) is 3.39. The van der Waals surface area contributed by atoms with Crippen LogP contribution in [0.2, 0.25) is 0 Å². The quantitative estimate of drug-likeness (QED) is 0.829. The Kier molecular flexibility index (Phi) is 3.50. The maximum atomic E-state index is 13.7. The van der Waals surface area contributed by atoms with Gasteiger partial charge in [-0.25, -0.2) is 4.39 Å². The lowest BCUT2D eigenvalue weighted by Gasteiger charge is -2.04. The van der Waals surface area contributed by atoms with Crippen LogP contribution in [-0.4, -0.2) is 20.5 Å². The van der Waals surface area contributed by atoms with Gasteiger partial charge in [-0.1, -0.05) is 0 Å². The molecule has 0 aliphatic carbocycles. The van der Waals surface area contributed by atoms with E-state index in [-0.39, 0.29) is 18.1 Å². The molecular weight excluding hydrogens is 233 g/mol. The Balaban J connectivity index is 2.16. The summed E-state index contributed by atoms with van der Waals surface area (Å²) in [6.45, 7) is 3.48. The highest BCUT2D eigenvalue weighted by Gasteiger charge is 2.08. The zero-order chi connectivity index (χ0) is 13.1. The van der Waals surface area contributed by atoms with E-state index in [1.54, 1.807) is 36.1 Å². The van der Waals surface area contributed by atoms with E-state index in [2.05, 4.69) is 10.1 Å². The fourth-order valence-corrected chi connectivity index (χ4v) is 1.70. The van der Waals surface area contributed by atoms with Crippen LogP contribution >= 0.6 is 0 Å². The molecule has 0 fully saturated rings. The molecule has 2 rings (SSSR count). The molecule has 0 atom stereocenters. The summed E-state index contributed by atoms with van der Waals surface area (Å²) in [5.41, 5.74) is 1.61. The second-order valence-corrected chi connectivity index (χ2v) is 4.27. The van der Waals surface area contributed by atoms with E-state index in [1.807, 2.05) is 0 Å². The molecule has 0 unspecified atom stereocenters. The first-order valence-corrected chi connectivity index (χ1v) is 5.68. The molecule has 2 aromatic rings. The predicted octanol–water partition coefficient (Wildman–Crippen LogP) is 1.91. The minimum atomic E-state index is -0.305. The summed E-state index contributed by atoms with van der Waals surface area (Å²) in [6.07, 6.45) is 3.60. The number of aromatic nitrogens is 3. The summed E-state index contributed by atoms with van der Waals surface area (Å²) in [4.78, 5) is 15.0. The van der Waals surface area contributed by atoms with Gasteiger partial charge in [-0.05, 0) is 31.5 Å². The normalized spacial score (nSPS) is 10.6. The van der Waals surface area contributed by atoms with Crippen molar-refractivity contribution in [2.24, 2.45) is 0 Å². The SMILES string of the molecule is CC(=O)Cc1ccn(Cc2nccc(C)c2F)n1. The predicted molar refractivity (Wildman–Crippen MR) is 64.6 cm³/mol. The lowest BCUT2D eigenvalue weighted by atomic mass is 10.2. The van der Waals surface area contributed by atoms with Gasteiger partial charge in [0.25, 0.3) is 0 Å². The van der Waals surface area contributed by atoms with Crippen molar-refractivity contribution in [3.05, 3.63) is 47.3 Å². The minimum absolute atomic E-state index is 0.0557. The number of nitrogens with zero attached hydrogens (tertiary/aromatic N) is 3. The summed E-state index contributed by atoms with van der Waals surface area (Å²) in [5.74, 6) is -0.249. The van der Waals surface area contributed by atoms with Gasteiger partial charge in [-0.2, -0.15) is 5.10 Å². The average molecular weight is 247 g/mol. The lowest BCUT2D eigenvalue weighted by Crippen LogP contribution is -2.07. The van der Waals surface area contributed by atoms with Gasteiger partial charge in [0.15, 0.2) is 0 Å². The van der Waals surface area contributed by atoms with Crippen LogP contribution < -0.4 is 0 Å². The number of ketones is 1. The fourth-order valence-electron chi connectivity index (χ4n) is 1.70. The Morgan fingerprint density at radius 2 is 2.22 bits per heavy atom. The van der Waals surface area contributed by atoms with Crippen LogP contribution in [-0.2, 0) is 17.8 Å². The third kappa shape index (κ3) is 2.80. The Hall–Kier alpha value is -2.04. The van der Waals surface area contributed by atoms with E-state index in [9.17, 15) is 9.18 Å². The molecular formula is C13H14FN3O. The molecule has 0 saturated carbocycles. The molecule has 0 spiro atoms. The van der Waals surface area contributed by atoms with E-state index in [0.29, 0.717) is 23.4 Å². The van der Waals surface area contributed by atoms with Crippen LogP contribution in [0.1, 0.15) is 23.9 Å². The van der Waals surface area contributed by atoms with Gasteiger partial charge in [-0.3, -0.25) is 14.5 Å². The van der Waals surface area contributed by atoms with Gasteiger partial charge >= 0.3 is 0 Å². The molecule has 2 heterocycles. The number of hydrogen-bond acceptors (Lipinski definition) is 3. The zero-order valence-corrected chi connectivity index (χ0v) is 10.4. The number of aryl methyl sites for hydroxylation is 1. The van der Waals surface area contributed by atoms with Gasteiger partial charge in [0.2, 0.25) is 0 Å². The molecule has 0 N–H and O–H groups in total. The number of carbonyl (C=O) groups excluding carboxylic acids is 1. The van der Waals surface area contributed by atoms with Crippen molar-refractivity contribution in [2.45, 2.75) is 26.8 Å². The van der Waals surface area contributed by atoms with Crippen molar-refractivity contribution < 1.29 is 9.18 Å². The second kappa shape index (κ2) is 5.08. The third-order valence-electron chi connectivity index (χ3n) is 2.59. The van der Waals surface area contributed by atoms with Crippen molar-refractivity contribution in [1.82, 2.24) is 14.8 Å². The van der Waals surface area contributed by atoms with E-state index < -0.39 is 0 Å². The number of pyridine rings is 1. The van der Waals surface area contributed by atoms with Crippen LogP contribution in [0.15, 0.2) is 24.5 Å². The van der Waals surface area contributed by atoms with Crippen LogP contribution in [0, 0.1) is 12.7 Å². The van der Waals surface area contributed by atoms with Crippen LogP contribution in [0.25, 0.3) is 0 Å². The lowest BCUT2D eigenvalue weighted by molar-refractivity contribution is -0.116. The van der Waals surface area contributed by atoms with Crippen LogP contribution in [0.3, 0.4) is 0 Å². The molecule has 94 valence electrons. The monoisotopic (exact) mass is 247 g/mol. The second-order valence-electron chi connectivity index (χ2n) is 4.27. The van der Waals surface area contributed by atoms with Crippen molar-refractivity contribution in [1.29, 1.82) is 0 Å². The maximum absolute atomic E-state index is 13.7.